The second kappa shape index (κ2) is 7.67. The van der Waals surface area contributed by atoms with Crippen molar-refractivity contribution in [3.63, 3.8) is 0 Å². The van der Waals surface area contributed by atoms with Gasteiger partial charge in [-0.2, -0.15) is 0 Å². The van der Waals surface area contributed by atoms with Crippen molar-refractivity contribution < 1.29 is 12.8 Å². The molecule has 0 saturated carbocycles. The third-order valence-electron chi connectivity index (χ3n) is 3.17. The molecule has 7 heteroatoms. The summed E-state index contributed by atoms with van der Waals surface area (Å²) in [6.07, 6.45) is 0.889. The van der Waals surface area contributed by atoms with Gasteiger partial charge in [-0.15, -0.1) is 0 Å². The van der Waals surface area contributed by atoms with Crippen LogP contribution in [0.5, 0.6) is 0 Å². The van der Waals surface area contributed by atoms with Gasteiger partial charge in [-0.1, -0.05) is 13.8 Å². The molecular weight excluding hydrogens is 359 g/mol. The quantitative estimate of drug-likeness (QED) is 0.790. The number of hydrogen-bond acceptors (Lipinski definition) is 3. The van der Waals surface area contributed by atoms with Gasteiger partial charge in [-0.25, -0.2) is 17.5 Å². The molecule has 0 aliphatic carbocycles. The Morgan fingerprint density at radius 1 is 1.33 bits per heavy atom. The van der Waals surface area contributed by atoms with Gasteiger partial charge in [-0.3, -0.25) is 0 Å². The van der Waals surface area contributed by atoms with Crippen LogP contribution in [0, 0.1) is 11.7 Å². The van der Waals surface area contributed by atoms with E-state index >= 15 is 0 Å². The predicted molar refractivity (Wildman–Crippen MR) is 86.2 cm³/mol. The van der Waals surface area contributed by atoms with E-state index in [1.807, 2.05) is 19.0 Å². The zero-order valence-corrected chi connectivity index (χ0v) is 15.1. The largest absolute Gasteiger partial charge is 0.305 e. The molecule has 0 amide bonds. The zero-order valence-electron chi connectivity index (χ0n) is 12.7. The molecular formula is C14H22BrFN2O2S. The van der Waals surface area contributed by atoms with E-state index in [9.17, 15) is 12.8 Å². The van der Waals surface area contributed by atoms with E-state index in [1.165, 1.54) is 6.07 Å². The monoisotopic (exact) mass is 380 g/mol. The highest BCUT2D eigenvalue weighted by molar-refractivity contribution is 9.10. The SMILES string of the molecule is CC(C)CC(CNS(=O)(=O)c1ccc(F)cc1Br)N(C)C. The number of hydrogen-bond donors (Lipinski definition) is 1. The number of sulfonamides is 1. The molecule has 0 bridgehead atoms. The zero-order chi connectivity index (χ0) is 16.2. The first kappa shape index (κ1) is 18.5. The summed E-state index contributed by atoms with van der Waals surface area (Å²) in [6.45, 7) is 4.51. The summed E-state index contributed by atoms with van der Waals surface area (Å²) in [7, 11) is 0.189. The summed E-state index contributed by atoms with van der Waals surface area (Å²) in [5.74, 6) is -0.00809. The van der Waals surface area contributed by atoms with Gasteiger partial charge in [0.2, 0.25) is 10.0 Å². The summed E-state index contributed by atoms with van der Waals surface area (Å²) >= 11 is 3.09. The maximum atomic E-state index is 13.0. The van der Waals surface area contributed by atoms with Gasteiger partial charge in [0.15, 0.2) is 0 Å². The van der Waals surface area contributed by atoms with Crippen molar-refractivity contribution >= 4 is 26.0 Å². The van der Waals surface area contributed by atoms with Crippen LogP contribution < -0.4 is 4.72 Å². The highest BCUT2D eigenvalue weighted by atomic mass is 79.9. The number of rotatable bonds is 7. The average molecular weight is 381 g/mol. The van der Waals surface area contributed by atoms with Crippen molar-refractivity contribution in [3.05, 3.63) is 28.5 Å². The summed E-state index contributed by atoms with van der Waals surface area (Å²) in [5.41, 5.74) is 0. The Kier molecular flexibility index (Phi) is 6.77. The molecule has 120 valence electrons. The molecule has 1 N–H and O–H groups in total. The molecule has 0 aromatic heterocycles. The van der Waals surface area contributed by atoms with Crippen LogP contribution >= 0.6 is 15.9 Å². The number of halogens is 2. The Bertz CT molecular complexity index is 576. The Labute approximate surface area is 134 Å². The summed E-state index contributed by atoms with van der Waals surface area (Å²) in [6, 6.07) is 3.65. The van der Waals surface area contributed by atoms with E-state index in [1.54, 1.807) is 0 Å². The minimum absolute atomic E-state index is 0.0472. The third kappa shape index (κ3) is 5.65. The van der Waals surface area contributed by atoms with Crippen molar-refractivity contribution in [2.45, 2.75) is 31.2 Å². The van der Waals surface area contributed by atoms with Crippen LogP contribution in [0.4, 0.5) is 4.39 Å². The van der Waals surface area contributed by atoms with E-state index < -0.39 is 15.8 Å². The van der Waals surface area contributed by atoms with E-state index in [-0.39, 0.29) is 15.4 Å². The lowest BCUT2D eigenvalue weighted by atomic mass is 10.0. The molecule has 0 aliphatic heterocycles. The van der Waals surface area contributed by atoms with Crippen molar-refractivity contribution in [1.82, 2.24) is 9.62 Å². The molecule has 0 saturated heterocycles. The van der Waals surface area contributed by atoms with Crippen LogP contribution in [0.25, 0.3) is 0 Å². The van der Waals surface area contributed by atoms with E-state index in [4.69, 9.17) is 0 Å². The van der Waals surface area contributed by atoms with Crippen molar-refractivity contribution in [2.24, 2.45) is 5.92 Å². The van der Waals surface area contributed by atoms with Gasteiger partial charge < -0.3 is 4.90 Å². The number of benzene rings is 1. The van der Waals surface area contributed by atoms with Gasteiger partial charge in [0.1, 0.15) is 5.82 Å². The maximum absolute atomic E-state index is 13.0. The fourth-order valence-electron chi connectivity index (χ4n) is 2.00. The van der Waals surface area contributed by atoms with Crippen LogP contribution in [0.3, 0.4) is 0 Å². The standard InChI is InChI=1S/C14H22BrFN2O2S/c1-10(2)7-12(18(3)4)9-17-21(19,20)14-6-5-11(16)8-13(14)15/h5-6,8,10,12,17H,7,9H2,1-4H3. The van der Waals surface area contributed by atoms with E-state index in [0.29, 0.717) is 12.5 Å². The minimum atomic E-state index is -3.66. The molecule has 1 aromatic rings. The molecule has 1 aromatic carbocycles. The van der Waals surface area contributed by atoms with Crippen molar-refractivity contribution in [1.29, 1.82) is 0 Å². The molecule has 1 atom stereocenters. The summed E-state index contributed by atoms with van der Waals surface area (Å²) in [4.78, 5) is 2.05. The summed E-state index contributed by atoms with van der Waals surface area (Å²) in [5, 5.41) is 0. The Morgan fingerprint density at radius 3 is 2.43 bits per heavy atom. The van der Waals surface area contributed by atoms with Gasteiger partial charge in [0.25, 0.3) is 0 Å². The van der Waals surface area contributed by atoms with Crippen LogP contribution in [-0.2, 0) is 10.0 Å². The highest BCUT2D eigenvalue weighted by Crippen LogP contribution is 2.22. The van der Waals surface area contributed by atoms with Crippen LogP contribution in [-0.4, -0.2) is 40.0 Å². The first-order chi connectivity index (χ1) is 9.63. The third-order valence-corrected chi connectivity index (χ3v) is 5.57. The average Bonchev–Trinajstić information content (AvgIpc) is 2.33. The van der Waals surface area contributed by atoms with Gasteiger partial charge in [-0.05, 0) is 60.6 Å². The normalized spacial score (nSPS) is 13.9. The number of likely N-dealkylation sites (N-methyl/N-ethyl adjacent to an activating group) is 1. The fourth-order valence-corrected chi connectivity index (χ4v) is 4.12. The molecule has 21 heavy (non-hydrogen) atoms. The van der Waals surface area contributed by atoms with Gasteiger partial charge in [0.05, 0.1) is 4.90 Å². The van der Waals surface area contributed by atoms with Crippen molar-refractivity contribution in [2.75, 3.05) is 20.6 Å². The first-order valence-electron chi connectivity index (χ1n) is 6.74. The smallest absolute Gasteiger partial charge is 0.241 e. The highest BCUT2D eigenvalue weighted by Gasteiger charge is 2.21. The molecule has 0 spiro atoms. The second-order valence-corrected chi connectivity index (χ2v) is 8.26. The molecule has 0 heterocycles. The lowest BCUT2D eigenvalue weighted by molar-refractivity contribution is 0.255. The van der Waals surface area contributed by atoms with Crippen LogP contribution in [0.1, 0.15) is 20.3 Å². The predicted octanol–water partition coefficient (Wildman–Crippen LogP) is 2.84. The Hall–Kier alpha value is -0.500. The second-order valence-electron chi connectivity index (χ2n) is 5.67. The van der Waals surface area contributed by atoms with Crippen LogP contribution in [0.15, 0.2) is 27.6 Å². The van der Waals surface area contributed by atoms with Crippen molar-refractivity contribution in [3.8, 4) is 0 Å². The Morgan fingerprint density at radius 2 is 1.95 bits per heavy atom. The molecule has 1 unspecified atom stereocenters. The molecule has 1 rings (SSSR count). The van der Waals surface area contributed by atoms with E-state index in [2.05, 4.69) is 34.5 Å². The van der Waals surface area contributed by atoms with Gasteiger partial charge in [0, 0.05) is 17.1 Å². The van der Waals surface area contributed by atoms with E-state index in [0.717, 1.165) is 18.6 Å². The van der Waals surface area contributed by atoms with Gasteiger partial charge >= 0.3 is 0 Å². The summed E-state index contributed by atoms with van der Waals surface area (Å²) < 4.78 is 40.5. The molecule has 0 aliphatic rings. The molecule has 0 radical (unpaired) electrons. The molecule has 0 fully saturated rings. The first-order valence-corrected chi connectivity index (χ1v) is 9.02. The Balaban J connectivity index is 2.84. The number of nitrogens with one attached hydrogen (secondary N) is 1. The van der Waals surface area contributed by atoms with Crippen LogP contribution in [0.2, 0.25) is 0 Å². The maximum Gasteiger partial charge on any atom is 0.241 e. The topological polar surface area (TPSA) is 49.4 Å². The minimum Gasteiger partial charge on any atom is -0.305 e. The fraction of sp³-hybridized carbons (Fsp3) is 0.571. The lowest BCUT2D eigenvalue weighted by Crippen LogP contribution is -2.41. The molecule has 4 nitrogen and oxygen atoms in total. The number of nitrogens with zero attached hydrogens (tertiary/aromatic N) is 1. The lowest BCUT2D eigenvalue weighted by Gasteiger charge is -2.26.